The molecule has 0 radical (unpaired) electrons. The number of rotatable bonds is 3. The first kappa shape index (κ1) is 14.0. The first-order valence-electron chi connectivity index (χ1n) is 6.79. The summed E-state index contributed by atoms with van der Waals surface area (Å²) in [6.45, 7) is 1.76. The lowest BCUT2D eigenvalue weighted by atomic mass is 10.1. The van der Waals surface area contributed by atoms with E-state index in [0.717, 1.165) is 10.5 Å². The van der Waals surface area contributed by atoms with Gasteiger partial charge in [-0.1, -0.05) is 36.4 Å². The van der Waals surface area contributed by atoms with Crippen LogP contribution in [0.3, 0.4) is 0 Å². The van der Waals surface area contributed by atoms with Crippen molar-refractivity contribution < 1.29 is 19.5 Å². The smallest absolute Gasteiger partial charge is 0.262 e. The van der Waals surface area contributed by atoms with Gasteiger partial charge in [0.2, 0.25) is 0 Å². The predicted molar refractivity (Wildman–Crippen MR) is 76.1 cm³/mol. The Morgan fingerprint density at radius 1 is 1.00 bits per heavy atom. The monoisotopic (exact) mass is 294 g/mol. The molecule has 2 aromatic rings. The second kappa shape index (κ2) is 5.11. The molecule has 0 saturated carbocycles. The number of carbonyl (C=O) groups excluding carboxylic acids is 3. The number of aromatic carboxylic acids is 1. The summed E-state index contributed by atoms with van der Waals surface area (Å²) >= 11 is 0. The number of benzene rings is 2. The number of imide groups is 1. The van der Waals surface area contributed by atoms with Crippen LogP contribution in [0.2, 0.25) is 0 Å². The summed E-state index contributed by atoms with van der Waals surface area (Å²) in [7, 11) is 0. The molecule has 0 aromatic heterocycles. The van der Waals surface area contributed by atoms with Crippen LogP contribution in [0.1, 0.15) is 49.6 Å². The number of fused-ring (bicyclic) bond motifs is 1. The van der Waals surface area contributed by atoms with E-state index < -0.39 is 23.8 Å². The zero-order valence-electron chi connectivity index (χ0n) is 11.8. The Labute approximate surface area is 126 Å². The summed E-state index contributed by atoms with van der Waals surface area (Å²) in [5, 5.41) is 10.9. The van der Waals surface area contributed by atoms with Crippen molar-refractivity contribution in [3.8, 4) is 0 Å². The third-order valence-corrected chi connectivity index (χ3v) is 3.82. The minimum absolute atomic E-state index is 0.106. The highest BCUT2D eigenvalue weighted by atomic mass is 16.4. The highest BCUT2D eigenvalue weighted by Crippen LogP contribution is 2.31. The Morgan fingerprint density at radius 2 is 1.64 bits per heavy atom. The Morgan fingerprint density at radius 3 is 2.27 bits per heavy atom. The van der Waals surface area contributed by atoms with E-state index in [0.29, 0.717) is 0 Å². The van der Waals surface area contributed by atoms with Crippen LogP contribution in [-0.2, 0) is 0 Å². The molecule has 0 saturated heterocycles. The molecule has 22 heavy (non-hydrogen) atoms. The average molecular weight is 294 g/mol. The van der Waals surface area contributed by atoms with Crippen LogP contribution in [0.25, 0.3) is 0 Å². The van der Waals surface area contributed by atoms with E-state index >= 15 is 0 Å². The minimum Gasteiger partial charge on any atom is -0.545 e. The molecule has 110 valence electrons. The van der Waals surface area contributed by atoms with Crippen molar-refractivity contribution in [1.82, 2.24) is 4.90 Å². The molecule has 0 bridgehead atoms. The highest BCUT2D eigenvalue weighted by Gasteiger charge is 2.38. The maximum absolute atomic E-state index is 12.5. The second-order valence-corrected chi connectivity index (χ2v) is 5.11. The molecule has 1 aliphatic rings. The Balaban J connectivity index is 2.01. The third kappa shape index (κ3) is 2.07. The number of carboxylic acid groups (broad SMARTS) is 1. The fourth-order valence-corrected chi connectivity index (χ4v) is 2.62. The molecular weight excluding hydrogens is 282 g/mol. The number of carboxylic acids is 1. The fraction of sp³-hybridized carbons (Fsp3) is 0.118. The van der Waals surface area contributed by atoms with Crippen molar-refractivity contribution in [3.05, 3.63) is 70.8 Å². The van der Waals surface area contributed by atoms with E-state index in [1.54, 1.807) is 6.92 Å². The molecule has 0 aliphatic carbocycles. The van der Waals surface area contributed by atoms with Gasteiger partial charge in [-0.15, -0.1) is 0 Å². The van der Waals surface area contributed by atoms with Crippen molar-refractivity contribution in [2.24, 2.45) is 0 Å². The van der Waals surface area contributed by atoms with E-state index in [2.05, 4.69) is 0 Å². The molecule has 1 heterocycles. The van der Waals surface area contributed by atoms with Crippen LogP contribution >= 0.6 is 0 Å². The van der Waals surface area contributed by atoms with Crippen molar-refractivity contribution in [1.29, 1.82) is 0 Å². The number of nitrogens with zero attached hydrogens (tertiary/aromatic N) is 1. The van der Waals surface area contributed by atoms with Crippen molar-refractivity contribution >= 4 is 17.8 Å². The van der Waals surface area contributed by atoms with Gasteiger partial charge in [0.25, 0.3) is 11.8 Å². The van der Waals surface area contributed by atoms with Gasteiger partial charge in [0.1, 0.15) is 0 Å². The Hall–Kier alpha value is -2.95. The topological polar surface area (TPSA) is 77.5 Å². The number of amides is 2. The number of hydrogen-bond donors (Lipinski definition) is 0. The maximum atomic E-state index is 12.5. The average Bonchev–Trinajstić information content (AvgIpc) is 2.78. The van der Waals surface area contributed by atoms with Gasteiger partial charge in [0.05, 0.1) is 23.1 Å². The zero-order chi connectivity index (χ0) is 15.9. The molecule has 0 spiro atoms. The molecule has 3 rings (SSSR count). The lowest BCUT2D eigenvalue weighted by Crippen LogP contribution is -2.32. The molecule has 1 atom stereocenters. The van der Waals surface area contributed by atoms with Gasteiger partial charge in [0.15, 0.2) is 0 Å². The molecule has 0 N–H and O–H groups in total. The van der Waals surface area contributed by atoms with E-state index in [9.17, 15) is 19.5 Å². The summed E-state index contributed by atoms with van der Waals surface area (Å²) in [5.74, 6) is -2.28. The van der Waals surface area contributed by atoms with Crippen LogP contribution in [-0.4, -0.2) is 22.7 Å². The zero-order valence-corrected chi connectivity index (χ0v) is 11.8. The molecule has 1 aliphatic heterocycles. The highest BCUT2D eigenvalue weighted by molar-refractivity contribution is 6.22. The summed E-state index contributed by atoms with van der Waals surface area (Å²) in [4.78, 5) is 37.0. The molecule has 0 unspecified atom stereocenters. The van der Waals surface area contributed by atoms with Crippen LogP contribution in [0.4, 0.5) is 0 Å². The van der Waals surface area contributed by atoms with Crippen LogP contribution in [0.5, 0.6) is 0 Å². The van der Waals surface area contributed by atoms with Gasteiger partial charge >= 0.3 is 0 Å². The van der Waals surface area contributed by atoms with Gasteiger partial charge in [-0.2, -0.15) is 0 Å². The summed E-state index contributed by atoms with van der Waals surface area (Å²) in [5.41, 5.74) is 1.04. The van der Waals surface area contributed by atoms with E-state index in [4.69, 9.17) is 0 Å². The Bertz CT molecular complexity index is 783. The summed E-state index contributed by atoms with van der Waals surface area (Å²) < 4.78 is 0. The molecule has 5 heteroatoms. The summed E-state index contributed by atoms with van der Waals surface area (Å²) in [6.07, 6.45) is 0. The number of carbonyl (C=O) groups is 3. The second-order valence-electron chi connectivity index (χ2n) is 5.11. The molecule has 0 fully saturated rings. The first-order valence-corrected chi connectivity index (χ1v) is 6.79. The van der Waals surface area contributed by atoms with Crippen LogP contribution in [0, 0.1) is 0 Å². The van der Waals surface area contributed by atoms with E-state index in [-0.39, 0.29) is 16.7 Å². The number of hydrogen-bond acceptors (Lipinski definition) is 4. The maximum Gasteiger partial charge on any atom is 0.262 e. The van der Waals surface area contributed by atoms with Crippen LogP contribution < -0.4 is 5.11 Å². The first-order chi connectivity index (χ1) is 10.5. The van der Waals surface area contributed by atoms with Crippen molar-refractivity contribution in [2.75, 3.05) is 0 Å². The van der Waals surface area contributed by atoms with E-state index in [1.165, 1.54) is 18.2 Å². The molecular formula is C17H12NO4-. The normalized spacial score (nSPS) is 14.9. The summed E-state index contributed by atoms with van der Waals surface area (Å²) in [6, 6.07) is 12.6. The van der Waals surface area contributed by atoms with Gasteiger partial charge in [-0.05, 0) is 30.2 Å². The van der Waals surface area contributed by atoms with Crippen molar-refractivity contribution in [3.63, 3.8) is 0 Å². The van der Waals surface area contributed by atoms with Gasteiger partial charge in [-0.3, -0.25) is 14.5 Å². The van der Waals surface area contributed by atoms with Gasteiger partial charge in [0, 0.05) is 0 Å². The van der Waals surface area contributed by atoms with E-state index in [1.807, 2.05) is 30.3 Å². The lowest BCUT2D eigenvalue weighted by molar-refractivity contribution is -0.255. The fourth-order valence-electron chi connectivity index (χ4n) is 2.62. The van der Waals surface area contributed by atoms with Gasteiger partial charge in [-0.25, -0.2) is 0 Å². The third-order valence-electron chi connectivity index (χ3n) is 3.82. The molecule has 5 nitrogen and oxygen atoms in total. The van der Waals surface area contributed by atoms with Crippen molar-refractivity contribution in [2.45, 2.75) is 13.0 Å². The molecule has 2 amide bonds. The SMILES string of the molecule is C[C@@H](c1ccccc1)N1C(=O)c2ccc(C(=O)[O-])cc2C1=O. The van der Waals surface area contributed by atoms with Crippen LogP contribution in [0.15, 0.2) is 48.5 Å². The quantitative estimate of drug-likeness (QED) is 0.802. The predicted octanol–water partition coefficient (Wildman–Crippen LogP) is 1.41. The standard InChI is InChI=1S/C17H13NO4/c1-10(11-5-3-2-4-6-11)18-15(19)13-8-7-12(17(21)22)9-14(13)16(18)20/h2-10H,1H3,(H,21,22)/p-1/t10-/m0/s1. The Kier molecular flexibility index (Phi) is 3.25. The minimum atomic E-state index is -1.38. The lowest BCUT2D eigenvalue weighted by Gasteiger charge is -2.22. The van der Waals surface area contributed by atoms with Gasteiger partial charge < -0.3 is 9.90 Å². The molecule has 2 aromatic carbocycles. The largest absolute Gasteiger partial charge is 0.545 e.